The van der Waals surface area contributed by atoms with Crippen molar-refractivity contribution < 1.29 is 13.2 Å². The summed E-state index contributed by atoms with van der Waals surface area (Å²) < 4.78 is 32.7. The van der Waals surface area contributed by atoms with Gasteiger partial charge in [-0.2, -0.15) is 0 Å². The summed E-state index contributed by atoms with van der Waals surface area (Å²) >= 11 is 0. The minimum atomic E-state index is -0.571. The number of oxazole rings is 1. The first-order chi connectivity index (χ1) is 14.6. The number of nitrogens with one attached hydrogen (secondary N) is 2. The SMILES string of the molecule is CN=C(NCc1coc(-c2ccccc2)n1)NC1CCN(c2ccc(F)cc2F)C1.I. The number of nitrogens with zero attached hydrogens (tertiary/aromatic N) is 3. The molecule has 9 heteroatoms. The molecule has 0 radical (unpaired) electrons. The molecular formula is C22H24F2IN5O. The van der Waals surface area contributed by atoms with Gasteiger partial charge in [0.15, 0.2) is 5.96 Å². The molecule has 1 atom stereocenters. The van der Waals surface area contributed by atoms with Crippen LogP contribution in [0.15, 0.2) is 64.2 Å². The van der Waals surface area contributed by atoms with Gasteiger partial charge in [-0.05, 0) is 30.7 Å². The van der Waals surface area contributed by atoms with Crippen LogP contribution in [-0.2, 0) is 6.54 Å². The molecule has 1 aliphatic rings. The summed E-state index contributed by atoms with van der Waals surface area (Å²) in [6.07, 6.45) is 2.44. The number of aliphatic imine (C=N–C) groups is 1. The fourth-order valence-corrected chi connectivity index (χ4v) is 3.50. The number of benzene rings is 2. The van der Waals surface area contributed by atoms with Crippen LogP contribution >= 0.6 is 24.0 Å². The highest BCUT2D eigenvalue weighted by molar-refractivity contribution is 14.0. The van der Waals surface area contributed by atoms with Crippen molar-refractivity contribution in [1.29, 1.82) is 0 Å². The highest BCUT2D eigenvalue weighted by Gasteiger charge is 2.25. The molecule has 2 N–H and O–H groups in total. The lowest BCUT2D eigenvalue weighted by molar-refractivity contribution is 0.572. The van der Waals surface area contributed by atoms with Gasteiger partial charge < -0.3 is 20.0 Å². The van der Waals surface area contributed by atoms with Crippen LogP contribution < -0.4 is 15.5 Å². The van der Waals surface area contributed by atoms with Crippen LogP contribution in [-0.4, -0.2) is 37.1 Å². The Labute approximate surface area is 196 Å². The van der Waals surface area contributed by atoms with Crippen molar-refractivity contribution in [1.82, 2.24) is 15.6 Å². The van der Waals surface area contributed by atoms with E-state index in [0.29, 0.717) is 37.2 Å². The molecule has 6 nitrogen and oxygen atoms in total. The second-order valence-electron chi connectivity index (χ2n) is 7.11. The quantitative estimate of drug-likeness (QED) is 0.290. The van der Waals surface area contributed by atoms with E-state index in [0.717, 1.165) is 23.7 Å². The maximum atomic E-state index is 14.0. The first-order valence-electron chi connectivity index (χ1n) is 9.79. The zero-order valence-electron chi connectivity index (χ0n) is 17.0. The Bertz CT molecular complexity index is 1030. The highest BCUT2D eigenvalue weighted by atomic mass is 127. The number of guanidine groups is 1. The van der Waals surface area contributed by atoms with E-state index in [4.69, 9.17) is 4.42 Å². The van der Waals surface area contributed by atoms with Gasteiger partial charge in [-0.15, -0.1) is 24.0 Å². The van der Waals surface area contributed by atoms with Crippen molar-refractivity contribution >= 4 is 35.6 Å². The van der Waals surface area contributed by atoms with Crippen LogP contribution in [0.1, 0.15) is 12.1 Å². The summed E-state index contributed by atoms with van der Waals surface area (Å²) in [4.78, 5) is 10.7. The van der Waals surface area contributed by atoms with Gasteiger partial charge in [-0.1, -0.05) is 18.2 Å². The molecule has 2 heterocycles. The lowest BCUT2D eigenvalue weighted by Gasteiger charge is -2.20. The predicted molar refractivity (Wildman–Crippen MR) is 128 cm³/mol. The lowest BCUT2D eigenvalue weighted by atomic mass is 10.2. The molecule has 1 aliphatic heterocycles. The number of rotatable bonds is 5. The molecule has 1 unspecified atom stereocenters. The van der Waals surface area contributed by atoms with Gasteiger partial charge in [-0.25, -0.2) is 13.8 Å². The summed E-state index contributed by atoms with van der Waals surface area (Å²) in [7, 11) is 1.69. The van der Waals surface area contributed by atoms with Crippen molar-refractivity contribution in [3.05, 3.63) is 72.1 Å². The van der Waals surface area contributed by atoms with Gasteiger partial charge >= 0.3 is 0 Å². The standard InChI is InChI=1S/C22H23F2N5O.HI/c1-25-22(26-12-18-14-30-21(27-18)15-5-3-2-4-6-15)28-17-9-10-29(13-17)20-8-7-16(23)11-19(20)24;/h2-8,11,14,17H,9-10,12-13H2,1H3,(H2,25,26,28);1H. The number of hydrogen-bond donors (Lipinski definition) is 2. The van der Waals surface area contributed by atoms with Crippen molar-refractivity contribution in [3.63, 3.8) is 0 Å². The summed E-state index contributed by atoms with van der Waals surface area (Å²) in [6, 6.07) is 13.5. The molecule has 31 heavy (non-hydrogen) atoms. The van der Waals surface area contributed by atoms with Crippen LogP contribution in [0.25, 0.3) is 11.5 Å². The minimum absolute atomic E-state index is 0. The zero-order valence-corrected chi connectivity index (χ0v) is 19.3. The van der Waals surface area contributed by atoms with E-state index in [1.807, 2.05) is 35.2 Å². The van der Waals surface area contributed by atoms with E-state index in [-0.39, 0.29) is 30.0 Å². The number of hydrogen-bond acceptors (Lipinski definition) is 4. The molecule has 2 aromatic carbocycles. The zero-order chi connectivity index (χ0) is 20.9. The minimum Gasteiger partial charge on any atom is -0.444 e. The molecule has 0 spiro atoms. The van der Waals surface area contributed by atoms with Crippen LogP contribution in [0.3, 0.4) is 0 Å². The molecule has 1 aromatic heterocycles. The van der Waals surface area contributed by atoms with Gasteiger partial charge in [0.05, 0.1) is 17.9 Å². The summed E-state index contributed by atoms with van der Waals surface area (Å²) in [5.74, 6) is 0.0882. The third-order valence-corrected chi connectivity index (χ3v) is 5.01. The van der Waals surface area contributed by atoms with E-state index in [1.165, 1.54) is 12.1 Å². The molecule has 4 rings (SSSR count). The summed E-state index contributed by atoms with van der Waals surface area (Å²) in [6.45, 7) is 1.74. The van der Waals surface area contributed by atoms with Crippen molar-refractivity contribution in [3.8, 4) is 11.5 Å². The van der Waals surface area contributed by atoms with Crippen molar-refractivity contribution in [2.45, 2.75) is 19.0 Å². The summed E-state index contributed by atoms with van der Waals surface area (Å²) in [5, 5.41) is 6.57. The molecule has 1 fully saturated rings. The Balaban J connectivity index is 0.00000272. The van der Waals surface area contributed by atoms with Gasteiger partial charge in [0, 0.05) is 37.8 Å². The van der Waals surface area contributed by atoms with Gasteiger partial charge in [0.25, 0.3) is 0 Å². The Kier molecular flexibility index (Phi) is 7.83. The summed E-state index contributed by atoms with van der Waals surface area (Å²) in [5.41, 5.74) is 2.10. The van der Waals surface area contributed by atoms with Crippen LogP contribution in [0, 0.1) is 11.6 Å². The lowest BCUT2D eigenvalue weighted by Crippen LogP contribution is -2.44. The largest absolute Gasteiger partial charge is 0.444 e. The number of anilines is 1. The Hall–Kier alpha value is -2.69. The molecule has 1 saturated heterocycles. The van der Waals surface area contributed by atoms with Crippen molar-refractivity contribution in [2.24, 2.45) is 4.99 Å². The maximum Gasteiger partial charge on any atom is 0.226 e. The second-order valence-corrected chi connectivity index (χ2v) is 7.11. The van der Waals surface area contributed by atoms with E-state index < -0.39 is 11.6 Å². The Morgan fingerprint density at radius 1 is 1.23 bits per heavy atom. The average molecular weight is 539 g/mol. The smallest absolute Gasteiger partial charge is 0.226 e. The molecule has 0 bridgehead atoms. The maximum absolute atomic E-state index is 14.0. The number of halogens is 3. The first-order valence-corrected chi connectivity index (χ1v) is 9.79. The van der Waals surface area contributed by atoms with Crippen LogP contribution in [0.4, 0.5) is 14.5 Å². The highest BCUT2D eigenvalue weighted by Crippen LogP contribution is 2.24. The topological polar surface area (TPSA) is 65.7 Å². The number of aromatic nitrogens is 1. The van der Waals surface area contributed by atoms with Gasteiger partial charge in [-0.3, -0.25) is 4.99 Å². The van der Waals surface area contributed by atoms with E-state index >= 15 is 0 Å². The third kappa shape index (κ3) is 5.72. The first kappa shape index (κ1) is 23.0. The van der Waals surface area contributed by atoms with Gasteiger partial charge in [0.2, 0.25) is 5.89 Å². The molecule has 3 aromatic rings. The molecule has 0 amide bonds. The fourth-order valence-electron chi connectivity index (χ4n) is 3.50. The Morgan fingerprint density at radius 3 is 2.77 bits per heavy atom. The average Bonchev–Trinajstić information content (AvgIpc) is 3.41. The van der Waals surface area contributed by atoms with E-state index in [1.54, 1.807) is 13.3 Å². The monoisotopic (exact) mass is 539 g/mol. The molecule has 164 valence electrons. The van der Waals surface area contributed by atoms with Gasteiger partial charge in [0.1, 0.15) is 17.9 Å². The molecular weight excluding hydrogens is 515 g/mol. The Morgan fingerprint density at radius 2 is 2.03 bits per heavy atom. The normalized spacial score (nSPS) is 16.2. The van der Waals surface area contributed by atoms with Crippen LogP contribution in [0.2, 0.25) is 0 Å². The van der Waals surface area contributed by atoms with E-state index in [9.17, 15) is 8.78 Å². The molecule has 0 saturated carbocycles. The van der Waals surface area contributed by atoms with E-state index in [2.05, 4.69) is 20.6 Å². The second kappa shape index (κ2) is 10.6. The molecule has 0 aliphatic carbocycles. The predicted octanol–water partition coefficient (Wildman–Crippen LogP) is 4.18. The van der Waals surface area contributed by atoms with Crippen molar-refractivity contribution in [2.75, 3.05) is 25.0 Å². The third-order valence-electron chi connectivity index (χ3n) is 5.01. The van der Waals surface area contributed by atoms with Crippen LogP contribution in [0.5, 0.6) is 0 Å². The fraction of sp³-hybridized carbons (Fsp3) is 0.273.